The van der Waals surface area contributed by atoms with Crippen LogP contribution < -0.4 is 5.14 Å². The normalized spacial score (nSPS) is 11.2. The van der Waals surface area contributed by atoms with Crippen LogP contribution >= 0.6 is 11.3 Å². The van der Waals surface area contributed by atoms with Gasteiger partial charge in [0.15, 0.2) is 0 Å². The van der Waals surface area contributed by atoms with Crippen molar-refractivity contribution in [1.29, 1.82) is 5.26 Å². The first-order chi connectivity index (χ1) is 8.40. The van der Waals surface area contributed by atoms with Crippen molar-refractivity contribution in [3.63, 3.8) is 0 Å². The van der Waals surface area contributed by atoms with Gasteiger partial charge >= 0.3 is 0 Å². The van der Waals surface area contributed by atoms with E-state index in [1.165, 1.54) is 6.07 Å². The number of primary sulfonamides is 1. The first-order valence-electron chi connectivity index (χ1n) is 5.05. The summed E-state index contributed by atoms with van der Waals surface area (Å²) in [6.07, 6.45) is 0. The summed E-state index contributed by atoms with van der Waals surface area (Å²) >= 11 is 1.10. The summed E-state index contributed by atoms with van der Waals surface area (Å²) < 4.78 is 22.5. The van der Waals surface area contributed by atoms with Crippen LogP contribution in [0.2, 0.25) is 0 Å². The van der Waals surface area contributed by atoms with E-state index >= 15 is 0 Å². The first-order valence-corrected chi connectivity index (χ1v) is 7.41. The average Bonchev–Trinajstić information content (AvgIpc) is 2.77. The number of hydrogen-bond donors (Lipinski definition) is 1. The molecule has 0 radical (unpaired) electrons. The topological polar surface area (TPSA) is 83.9 Å². The Morgan fingerprint density at radius 1 is 1.28 bits per heavy atom. The zero-order valence-electron chi connectivity index (χ0n) is 9.54. The zero-order chi connectivity index (χ0) is 13.3. The first kappa shape index (κ1) is 12.8. The molecule has 0 unspecified atom stereocenters. The van der Waals surface area contributed by atoms with Crippen LogP contribution in [0.4, 0.5) is 0 Å². The zero-order valence-corrected chi connectivity index (χ0v) is 11.2. The molecule has 92 valence electrons. The van der Waals surface area contributed by atoms with E-state index in [0.717, 1.165) is 27.3 Å². The molecule has 0 bridgehead atoms. The van der Waals surface area contributed by atoms with Crippen molar-refractivity contribution in [3.8, 4) is 16.5 Å². The molecule has 0 aliphatic heterocycles. The highest BCUT2D eigenvalue weighted by Crippen LogP contribution is 2.31. The standard InChI is InChI=1S/C12H10N2O2S2/c1-8-4-9(7-13)6-10(5-8)11-2-3-12(17-11)18(14,15)16/h2-6H,1H3,(H2,14,15,16). The molecule has 1 aromatic carbocycles. The van der Waals surface area contributed by atoms with Gasteiger partial charge in [-0.25, -0.2) is 13.6 Å². The largest absolute Gasteiger partial charge is 0.247 e. The van der Waals surface area contributed by atoms with Crippen molar-refractivity contribution in [1.82, 2.24) is 0 Å². The summed E-state index contributed by atoms with van der Waals surface area (Å²) in [6, 6.07) is 10.7. The van der Waals surface area contributed by atoms with Gasteiger partial charge in [0.25, 0.3) is 0 Å². The summed E-state index contributed by atoms with van der Waals surface area (Å²) in [7, 11) is -3.66. The fraction of sp³-hybridized carbons (Fsp3) is 0.0833. The predicted molar refractivity (Wildman–Crippen MR) is 70.6 cm³/mol. The highest BCUT2D eigenvalue weighted by Gasteiger charge is 2.12. The molecule has 4 nitrogen and oxygen atoms in total. The minimum atomic E-state index is -3.66. The van der Waals surface area contributed by atoms with Crippen LogP contribution in [0, 0.1) is 18.3 Å². The minimum absolute atomic E-state index is 0.123. The van der Waals surface area contributed by atoms with E-state index in [2.05, 4.69) is 6.07 Å². The summed E-state index contributed by atoms with van der Waals surface area (Å²) in [5.41, 5.74) is 2.33. The van der Waals surface area contributed by atoms with Crippen LogP contribution in [-0.2, 0) is 10.0 Å². The van der Waals surface area contributed by atoms with Crippen LogP contribution in [0.25, 0.3) is 10.4 Å². The molecule has 0 amide bonds. The number of hydrogen-bond acceptors (Lipinski definition) is 4. The Morgan fingerprint density at radius 3 is 2.56 bits per heavy atom. The second kappa shape index (κ2) is 4.53. The Balaban J connectivity index is 2.53. The molecule has 1 aromatic heterocycles. The van der Waals surface area contributed by atoms with Gasteiger partial charge < -0.3 is 0 Å². The van der Waals surface area contributed by atoms with Gasteiger partial charge in [0.1, 0.15) is 4.21 Å². The van der Waals surface area contributed by atoms with Crippen LogP contribution in [0.3, 0.4) is 0 Å². The molecule has 6 heteroatoms. The summed E-state index contributed by atoms with van der Waals surface area (Å²) in [5, 5.41) is 14.0. The highest BCUT2D eigenvalue weighted by atomic mass is 32.2. The SMILES string of the molecule is Cc1cc(C#N)cc(-c2ccc(S(N)(=O)=O)s2)c1. The molecule has 0 atom stereocenters. The third kappa shape index (κ3) is 2.59. The third-order valence-corrected chi connectivity index (χ3v) is 4.93. The van der Waals surface area contributed by atoms with E-state index in [9.17, 15) is 8.42 Å². The van der Waals surface area contributed by atoms with E-state index in [4.69, 9.17) is 10.4 Å². The van der Waals surface area contributed by atoms with Crippen molar-refractivity contribution >= 4 is 21.4 Å². The number of benzene rings is 1. The molecular formula is C12H10N2O2S2. The number of aryl methyl sites for hydroxylation is 1. The Morgan fingerprint density at radius 2 is 2.00 bits per heavy atom. The number of thiophene rings is 1. The molecule has 0 fully saturated rings. The Kier molecular flexibility index (Phi) is 3.22. The summed E-state index contributed by atoms with van der Waals surface area (Å²) in [5.74, 6) is 0. The Hall–Kier alpha value is -1.68. The summed E-state index contributed by atoms with van der Waals surface area (Å²) in [4.78, 5) is 0.777. The molecule has 0 aliphatic rings. The fourth-order valence-electron chi connectivity index (χ4n) is 1.62. The van der Waals surface area contributed by atoms with E-state index < -0.39 is 10.0 Å². The summed E-state index contributed by atoms with van der Waals surface area (Å²) in [6.45, 7) is 1.89. The van der Waals surface area contributed by atoms with Gasteiger partial charge in [-0.05, 0) is 42.3 Å². The molecule has 0 spiro atoms. The third-order valence-electron chi connectivity index (χ3n) is 2.35. The molecular weight excluding hydrogens is 268 g/mol. The van der Waals surface area contributed by atoms with Gasteiger partial charge in [-0.3, -0.25) is 0 Å². The molecule has 1 heterocycles. The number of sulfonamides is 1. The smallest absolute Gasteiger partial charge is 0.224 e. The number of nitrogens with zero attached hydrogens (tertiary/aromatic N) is 1. The number of nitrogens with two attached hydrogens (primary N) is 1. The molecule has 2 aromatic rings. The van der Waals surface area contributed by atoms with Crippen molar-refractivity contribution < 1.29 is 8.42 Å². The second-order valence-corrected chi connectivity index (χ2v) is 6.74. The van der Waals surface area contributed by atoms with E-state index in [1.807, 2.05) is 13.0 Å². The van der Waals surface area contributed by atoms with Crippen molar-refractivity contribution in [2.45, 2.75) is 11.1 Å². The maximum absolute atomic E-state index is 11.2. The molecule has 0 aliphatic carbocycles. The van der Waals surface area contributed by atoms with Crippen molar-refractivity contribution in [3.05, 3.63) is 41.5 Å². The molecule has 18 heavy (non-hydrogen) atoms. The number of nitriles is 1. The van der Waals surface area contributed by atoms with Crippen LogP contribution in [0.15, 0.2) is 34.5 Å². The van der Waals surface area contributed by atoms with Crippen LogP contribution in [0.5, 0.6) is 0 Å². The molecule has 0 saturated carbocycles. The maximum atomic E-state index is 11.2. The quantitative estimate of drug-likeness (QED) is 0.914. The lowest BCUT2D eigenvalue weighted by Crippen LogP contribution is -2.09. The van der Waals surface area contributed by atoms with Crippen molar-refractivity contribution in [2.24, 2.45) is 5.14 Å². The molecule has 2 N–H and O–H groups in total. The van der Waals surface area contributed by atoms with Gasteiger partial charge in [0.05, 0.1) is 11.6 Å². The van der Waals surface area contributed by atoms with Crippen molar-refractivity contribution in [2.75, 3.05) is 0 Å². The van der Waals surface area contributed by atoms with Gasteiger partial charge in [-0.2, -0.15) is 5.26 Å². The van der Waals surface area contributed by atoms with Gasteiger partial charge in [-0.1, -0.05) is 6.07 Å². The van der Waals surface area contributed by atoms with E-state index in [0.29, 0.717) is 5.56 Å². The maximum Gasteiger partial charge on any atom is 0.247 e. The highest BCUT2D eigenvalue weighted by molar-refractivity contribution is 7.91. The van der Waals surface area contributed by atoms with Crippen LogP contribution in [-0.4, -0.2) is 8.42 Å². The lowest BCUT2D eigenvalue weighted by atomic mass is 10.1. The lowest BCUT2D eigenvalue weighted by molar-refractivity contribution is 0.600. The molecule has 0 saturated heterocycles. The van der Waals surface area contributed by atoms with Gasteiger partial charge in [0, 0.05) is 4.88 Å². The predicted octanol–water partition coefficient (Wildman–Crippen LogP) is 2.24. The average molecular weight is 278 g/mol. The van der Waals surface area contributed by atoms with E-state index in [1.54, 1.807) is 18.2 Å². The lowest BCUT2D eigenvalue weighted by Gasteiger charge is -2.00. The Bertz CT molecular complexity index is 740. The van der Waals surface area contributed by atoms with Crippen LogP contribution in [0.1, 0.15) is 11.1 Å². The van der Waals surface area contributed by atoms with Gasteiger partial charge in [0.2, 0.25) is 10.0 Å². The monoisotopic (exact) mass is 278 g/mol. The van der Waals surface area contributed by atoms with Gasteiger partial charge in [-0.15, -0.1) is 11.3 Å². The van der Waals surface area contributed by atoms with E-state index in [-0.39, 0.29) is 4.21 Å². The Labute approximate surface area is 109 Å². The molecule has 2 rings (SSSR count). The second-order valence-electron chi connectivity index (χ2n) is 3.86. The number of rotatable bonds is 2. The minimum Gasteiger partial charge on any atom is -0.224 e. The fourth-order valence-corrected chi connectivity index (χ4v) is 3.33.